The van der Waals surface area contributed by atoms with Gasteiger partial charge in [0.05, 0.1) is 10.2 Å². The summed E-state index contributed by atoms with van der Waals surface area (Å²) in [6.45, 7) is 2.18. The molecule has 1 amide bonds. The van der Waals surface area contributed by atoms with Gasteiger partial charge in [0.25, 0.3) is 5.56 Å². The topological polar surface area (TPSA) is 147 Å². The van der Waals surface area contributed by atoms with Gasteiger partial charge in [-0.25, -0.2) is 18.1 Å². The number of nitrogens with one attached hydrogen (secondary N) is 3. The molecule has 0 aliphatic rings. The number of rotatable bonds is 9. The van der Waals surface area contributed by atoms with Gasteiger partial charge in [0.15, 0.2) is 0 Å². The van der Waals surface area contributed by atoms with Crippen LogP contribution in [0.25, 0.3) is 0 Å². The first-order chi connectivity index (χ1) is 13.2. The van der Waals surface area contributed by atoms with Crippen LogP contribution in [-0.4, -0.2) is 36.2 Å². The molecule has 0 aliphatic heterocycles. The lowest BCUT2D eigenvalue weighted by Crippen LogP contribution is -2.26. The predicted molar refractivity (Wildman–Crippen MR) is 110 cm³/mol. The molecule has 152 valence electrons. The highest BCUT2D eigenvalue weighted by atomic mass is 79.9. The lowest BCUT2D eigenvalue weighted by atomic mass is 10.1. The quantitative estimate of drug-likeness (QED) is 0.310. The van der Waals surface area contributed by atoms with Crippen molar-refractivity contribution in [1.82, 2.24) is 20.0 Å². The second kappa shape index (κ2) is 9.80. The highest BCUT2D eigenvalue weighted by Gasteiger charge is 2.14. The Morgan fingerprint density at radius 2 is 1.96 bits per heavy atom. The number of H-pyrrole nitrogens is 1. The molecule has 5 N–H and O–H groups in total. The first kappa shape index (κ1) is 22.1. The molecule has 28 heavy (non-hydrogen) atoms. The summed E-state index contributed by atoms with van der Waals surface area (Å²) in [7, 11) is -3.66. The van der Waals surface area contributed by atoms with Gasteiger partial charge in [0.1, 0.15) is 0 Å². The summed E-state index contributed by atoms with van der Waals surface area (Å²) in [5, 5.41) is 2.89. The molecule has 1 heterocycles. The number of alkyl halides is 1. The number of sulfonamides is 1. The van der Waals surface area contributed by atoms with E-state index in [4.69, 9.17) is 5.73 Å². The molecule has 11 heteroatoms. The molecular weight excluding hydrogens is 450 g/mol. The number of hydrogen-bond donors (Lipinski definition) is 4. The number of aromatic nitrogens is 2. The van der Waals surface area contributed by atoms with Crippen molar-refractivity contribution in [2.75, 3.05) is 17.6 Å². The van der Waals surface area contributed by atoms with E-state index in [2.05, 4.69) is 35.9 Å². The summed E-state index contributed by atoms with van der Waals surface area (Å²) in [6, 6.07) is 6.26. The third kappa shape index (κ3) is 6.14. The Morgan fingerprint density at radius 3 is 2.57 bits per heavy atom. The largest absolute Gasteiger partial charge is 0.369 e. The van der Waals surface area contributed by atoms with Crippen LogP contribution in [0.3, 0.4) is 0 Å². The normalized spacial score (nSPS) is 11.4. The van der Waals surface area contributed by atoms with Crippen molar-refractivity contribution in [3.05, 3.63) is 51.4 Å². The molecule has 0 saturated heterocycles. The number of aromatic amines is 1. The standard InChI is InChI=1S/C17H22BrN5O4S/c1-11-14(16(25)23-17(19)22-11)3-2-8-21-28(26,27)13-6-4-12(5-7-13)10-20-15(24)9-18/h4-7,21H,2-3,8-10H2,1H3,(H,20,24)(H3,19,22,23,25). The SMILES string of the molecule is Cc1nc(N)[nH]c(=O)c1CCCNS(=O)(=O)c1ccc(CNC(=O)CBr)cc1. The van der Waals surface area contributed by atoms with Gasteiger partial charge < -0.3 is 11.1 Å². The lowest BCUT2D eigenvalue weighted by Gasteiger charge is -2.09. The summed E-state index contributed by atoms with van der Waals surface area (Å²) < 4.78 is 27.2. The molecule has 2 rings (SSSR count). The van der Waals surface area contributed by atoms with E-state index < -0.39 is 10.0 Å². The first-order valence-electron chi connectivity index (χ1n) is 8.49. The van der Waals surface area contributed by atoms with Crippen molar-refractivity contribution >= 4 is 37.8 Å². The van der Waals surface area contributed by atoms with Crippen LogP contribution in [0.4, 0.5) is 5.95 Å². The number of nitrogens with two attached hydrogens (primary N) is 1. The Morgan fingerprint density at radius 1 is 1.29 bits per heavy atom. The third-order valence-electron chi connectivity index (χ3n) is 3.98. The second-order valence-electron chi connectivity index (χ2n) is 6.07. The van der Waals surface area contributed by atoms with Crippen LogP contribution in [0.5, 0.6) is 0 Å². The minimum absolute atomic E-state index is 0.0576. The lowest BCUT2D eigenvalue weighted by molar-refractivity contribution is -0.118. The highest BCUT2D eigenvalue weighted by molar-refractivity contribution is 9.09. The zero-order chi connectivity index (χ0) is 20.7. The van der Waals surface area contributed by atoms with Crippen molar-refractivity contribution < 1.29 is 13.2 Å². The average Bonchev–Trinajstić information content (AvgIpc) is 2.65. The van der Waals surface area contributed by atoms with Crippen LogP contribution >= 0.6 is 15.9 Å². The molecule has 0 radical (unpaired) electrons. The number of hydrogen-bond acceptors (Lipinski definition) is 6. The zero-order valence-corrected chi connectivity index (χ0v) is 17.7. The molecule has 0 unspecified atom stereocenters. The molecule has 0 atom stereocenters. The summed E-state index contributed by atoms with van der Waals surface area (Å²) in [5.41, 5.74) is 6.98. The maximum absolute atomic E-state index is 12.4. The summed E-state index contributed by atoms with van der Waals surface area (Å²) in [5.74, 6) is -0.0918. The highest BCUT2D eigenvalue weighted by Crippen LogP contribution is 2.11. The van der Waals surface area contributed by atoms with Crippen molar-refractivity contribution in [2.24, 2.45) is 0 Å². The Labute approximate surface area is 171 Å². The molecular formula is C17H22BrN5O4S. The van der Waals surface area contributed by atoms with Gasteiger partial charge in [-0.2, -0.15) is 0 Å². The minimum atomic E-state index is -3.66. The molecule has 2 aromatic rings. The smallest absolute Gasteiger partial charge is 0.255 e. The number of halogens is 1. The number of carbonyl (C=O) groups excluding carboxylic acids is 1. The van der Waals surface area contributed by atoms with Crippen LogP contribution in [0.2, 0.25) is 0 Å². The van der Waals surface area contributed by atoms with Crippen molar-refractivity contribution in [1.29, 1.82) is 0 Å². The Kier molecular flexibility index (Phi) is 7.72. The molecule has 1 aromatic heterocycles. The predicted octanol–water partition coefficient (Wildman–Crippen LogP) is 0.583. The molecule has 0 aliphatic carbocycles. The fourth-order valence-electron chi connectivity index (χ4n) is 2.52. The zero-order valence-electron chi connectivity index (χ0n) is 15.3. The fourth-order valence-corrected chi connectivity index (χ4v) is 3.79. The molecule has 0 saturated carbocycles. The van der Waals surface area contributed by atoms with Crippen LogP contribution in [0.15, 0.2) is 34.0 Å². The van der Waals surface area contributed by atoms with E-state index in [0.29, 0.717) is 30.6 Å². The van der Waals surface area contributed by atoms with E-state index in [-0.39, 0.29) is 34.2 Å². The van der Waals surface area contributed by atoms with Crippen molar-refractivity contribution in [2.45, 2.75) is 31.2 Å². The number of carbonyl (C=O) groups is 1. The maximum Gasteiger partial charge on any atom is 0.255 e. The fraction of sp³-hybridized carbons (Fsp3) is 0.353. The van der Waals surface area contributed by atoms with Gasteiger partial charge in [-0.3, -0.25) is 14.6 Å². The van der Waals surface area contributed by atoms with Crippen LogP contribution in [0, 0.1) is 6.92 Å². The van der Waals surface area contributed by atoms with Gasteiger partial charge >= 0.3 is 0 Å². The first-order valence-corrected chi connectivity index (χ1v) is 11.1. The number of nitrogens with zero attached hydrogens (tertiary/aromatic N) is 1. The Hall–Kier alpha value is -2.24. The number of nitrogen functional groups attached to an aromatic ring is 1. The summed E-state index contributed by atoms with van der Waals surface area (Å²) in [4.78, 5) is 29.7. The number of benzene rings is 1. The third-order valence-corrected chi connectivity index (χ3v) is 5.97. The van der Waals surface area contributed by atoms with Crippen molar-refractivity contribution in [3.63, 3.8) is 0 Å². The van der Waals surface area contributed by atoms with Crippen LogP contribution in [0.1, 0.15) is 23.2 Å². The van der Waals surface area contributed by atoms with Gasteiger partial charge in [0, 0.05) is 24.3 Å². The van der Waals surface area contributed by atoms with Gasteiger partial charge in [0.2, 0.25) is 21.9 Å². The Balaban J connectivity index is 1.90. The molecule has 1 aromatic carbocycles. The van der Waals surface area contributed by atoms with E-state index in [1.165, 1.54) is 12.1 Å². The summed E-state index contributed by atoms with van der Waals surface area (Å²) >= 11 is 3.05. The number of anilines is 1. The summed E-state index contributed by atoms with van der Waals surface area (Å²) in [6.07, 6.45) is 0.814. The molecule has 0 spiro atoms. The van der Waals surface area contributed by atoms with Gasteiger partial charge in [-0.1, -0.05) is 28.1 Å². The van der Waals surface area contributed by atoms with Crippen molar-refractivity contribution in [3.8, 4) is 0 Å². The molecule has 0 bridgehead atoms. The van der Waals surface area contributed by atoms with Crippen LogP contribution < -0.4 is 21.3 Å². The van der Waals surface area contributed by atoms with E-state index in [0.717, 1.165) is 5.56 Å². The minimum Gasteiger partial charge on any atom is -0.369 e. The number of aryl methyl sites for hydroxylation is 1. The van der Waals surface area contributed by atoms with Gasteiger partial charge in [-0.05, 0) is 37.5 Å². The van der Waals surface area contributed by atoms with E-state index >= 15 is 0 Å². The monoisotopic (exact) mass is 471 g/mol. The Bertz CT molecular complexity index is 990. The van der Waals surface area contributed by atoms with E-state index in [9.17, 15) is 18.0 Å². The van der Waals surface area contributed by atoms with E-state index in [1.807, 2.05) is 0 Å². The maximum atomic E-state index is 12.4. The molecule has 9 nitrogen and oxygen atoms in total. The second-order valence-corrected chi connectivity index (χ2v) is 8.40. The molecule has 0 fully saturated rings. The van der Waals surface area contributed by atoms with E-state index in [1.54, 1.807) is 19.1 Å². The van der Waals surface area contributed by atoms with Gasteiger partial charge in [-0.15, -0.1) is 0 Å². The number of amides is 1. The average molecular weight is 472 g/mol. The van der Waals surface area contributed by atoms with Crippen LogP contribution in [-0.2, 0) is 27.8 Å².